The van der Waals surface area contributed by atoms with Crippen LogP contribution < -0.4 is 5.32 Å². The van der Waals surface area contributed by atoms with Gasteiger partial charge in [-0.3, -0.25) is 0 Å². The van der Waals surface area contributed by atoms with Crippen LogP contribution in [0.4, 0.5) is 0 Å². The molecule has 0 radical (unpaired) electrons. The van der Waals surface area contributed by atoms with E-state index in [9.17, 15) is 0 Å². The van der Waals surface area contributed by atoms with Crippen LogP contribution in [0.15, 0.2) is 12.2 Å². The summed E-state index contributed by atoms with van der Waals surface area (Å²) in [6.45, 7) is 10.6. The van der Waals surface area contributed by atoms with E-state index < -0.39 is 0 Å². The fraction of sp³-hybridized carbons (Fsp3) is 0.846. The molecular weight excluding hydrogens is 186 g/mol. The molecule has 0 fully saturated rings. The van der Waals surface area contributed by atoms with Crippen molar-refractivity contribution in [3.8, 4) is 0 Å². The van der Waals surface area contributed by atoms with Crippen molar-refractivity contribution in [1.82, 2.24) is 5.32 Å². The van der Waals surface area contributed by atoms with Crippen LogP contribution in [0.1, 0.15) is 46.5 Å². The van der Waals surface area contributed by atoms with E-state index >= 15 is 0 Å². The fourth-order valence-electron chi connectivity index (χ4n) is 2.16. The Labute approximate surface area is 95.1 Å². The van der Waals surface area contributed by atoms with Crippen molar-refractivity contribution in [3.63, 3.8) is 0 Å². The fourth-order valence-corrected chi connectivity index (χ4v) is 2.16. The van der Waals surface area contributed by atoms with Crippen molar-refractivity contribution in [2.75, 3.05) is 14.2 Å². The summed E-state index contributed by atoms with van der Waals surface area (Å²) in [5.41, 5.74) is 1.24. The molecule has 90 valence electrons. The second-order valence-electron chi connectivity index (χ2n) is 4.12. The first-order valence-electron chi connectivity index (χ1n) is 5.99. The van der Waals surface area contributed by atoms with Gasteiger partial charge in [-0.15, -0.1) is 0 Å². The van der Waals surface area contributed by atoms with Gasteiger partial charge >= 0.3 is 0 Å². The molecule has 0 aliphatic heterocycles. The van der Waals surface area contributed by atoms with Gasteiger partial charge in [-0.2, -0.15) is 0 Å². The lowest BCUT2D eigenvalue weighted by Gasteiger charge is -2.38. The minimum Gasteiger partial charge on any atom is -0.377 e. The molecule has 1 unspecified atom stereocenters. The molecule has 0 aromatic carbocycles. The zero-order valence-corrected chi connectivity index (χ0v) is 11.0. The minimum absolute atomic E-state index is 0.0487. The summed E-state index contributed by atoms with van der Waals surface area (Å²) >= 11 is 0. The van der Waals surface area contributed by atoms with Crippen molar-refractivity contribution in [3.05, 3.63) is 12.2 Å². The van der Waals surface area contributed by atoms with Crippen LogP contribution in [0.3, 0.4) is 0 Å². The van der Waals surface area contributed by atoms with Gasteiger partial charge in [0.05, 0.1) is 5.60 Å². The predicted octanol–water partition coefficient (Wildman–Crippen LogP) is 3.14. The van der Waals surface area contributed by atoms with Gasteiger partial charge in [-0.25, -0.2) is 0 Å². The number of methoxy groups -OCH3 is 1. The van der Waals surface area contributed by atoms with E-state index in [2.05, 4.69) is 32.7 Å². The zero-order chi connectivity index (χ0) is 11.9. The lowest BCUT2D eigenvalue weighted by Crippen LogP contribution is -2.50. The molecule has 0 bridgehead atoms. The Morgan fingerprint density at radius 1 is 1.33 bits per heavy atom. The first-order valence-corrected chi connectivity index (χ1v) is 5.99. The average molecular weight is 213 g/mol. The lowest BCUT2D eigenvalue weighted by molar-refractivity contribution is -0.0455. The number of hydrogen-bond donors (Lipinski definition) is 1. The molecule has 0 aliphatic rings. The average Bonchev–Trinajstić information content (AvgIpc) is 2.29. The molecule has 15 heavy (non-hydrogen) atoms. The highest BCUT2D eigenvalue weighted by molar-refractivity contribution is 5.02. The molecule has 2 nitrogen and oxygen atoms in total. The molecule has 1 N–H and O–H groups in total. The smallest absolute Gasteiger partial charge is 0.0828 e. The van der Waals surface area contributed by atoms with E-state index in [-0.39, 0.29) is 5.60 Å². The largest absolute Gasteiger partial charge is 0.377 e. The van der Waals surface area contributed by atoms with Crippen LogP contribution in [-0.4, -0.2) is 25.8 Å². The second-order valence-corrected chi connectivity index (χ2v) is 4.12. The van der Waals surface area contributed by atoms with Gasteiger partial charge in [0.25, 0.3) is 0 Å². The molecule has 0 saturated heterocycles. The SMILES string of the molecule is C=C(CC)CC(NC)C(CC)(CC)OC. The van der Waals surface area contributed by atoms with Crippen LogP contribution in [-0.2, 0) is 4.74 Å². The van der Waals surface area contributed by atoms with Crippen molar-refractivity contribution in [2.24, 2.45) is 0 Å². The first-order chi connectivity index (χ1) is 7.10. The highest BCUT2D eigenvalue weighted by atomic mass is 16.5. The number of ether oxygens (including phenoxy) is 1. The second kappa shape index (κ2) is 7.02. The van der Waals surface area contributed by atoms with E-state index in [1.165, 1.54) is 5.57 Å². The van der Waals surface area contributed by atoms with Crippen molar-refractivity contribution in [1.29, 1.82) is 0 Å². The monoisotopic (exact) mass is 213 g/mol. The highest BCUT2D eigenvalue weighted by Crippen LogP contribution is 2.28. The normalized spacial score (nSPS) is 13.9. The first kappa shape index (κ1) is 14.7. The van der Waals surface area contributed by atoms with Crippen molar-refractivity contribution < 1.29 is 4.74 Å². The number of hydrogen-bond acceptors (Lipinski definition) is 2. The summed E-state index contributed by atoms with van der Waals surface area (Å²) in [4.78, 5) is 0. The number of nitrogens with one attached hydrogen (secondary N) is 1. The van der Waals surface area contributed by atoms with E-state index in [4.69, 9.17) is 4.74 Å². The molecule has 0 aromatic heterocycles. The molecule has 1 atom stereocenters. The number of rotatable bonds is 8. The van der Waals surface area contributed by atoms with Gasteiger partial charge < -0.3 is 10.1 Å². The molecule has 0 spiro atoms. The molecule has 2 heteroatoms. The molecule has 0 saturated carbocycles. The third-order valence-corrected chi connectivity index (χ3v) is 3.58. The standard InChI is InChI=1S/C13H27NO/c1-7-11(4)10-12(14-5)13(8-2,9-3)15-6/h12,14H,4,7-10H2,1-3,5-6H3. The Kier molecular flexibility index (Phi) is 6.86. The third kappa shape index (κ3) is 3.62. The van der Waals surface area contributed by atoms with Crippen LogP contribution in [0.2, 0.25) is 0 Å². The Morgan fingerprint density at radius 2 is 1.87 bits per heavy atom. The van der Waals surface area contributed by atoms with Crippen LogP contribution in [0, 0.1) is 0 Å². The van der Waals surface area contributed by atoms with E-state index in [1.54, 1.807) is 0 Å². The summed E-state index contributed by atoms with van der Waals surface area (Å²) in [7, 11) is 3.82. The van der Waals surface area contributed by atoms with Gasteiger partial charge in [-0.1, -0.05) is 32.9 Å². The molecule has 0 aliphatic carbocycles. The maximum Gasteiger partial charge on any atom is 0.0828 e. The Balaban J connectivity index is 4.66. The third-order valence-electron chi connectivity index (χ3n) is 3.58. The van der Waals surface area contributed by atoms with E-state index in [0.717, 1.165) is 25.7 Å². The summed E-state index contributed by atoms with van der Waals surface area (Å²) in [5, 5.41) is 3.38. The summed E-state index contributed by atoms with van der Waals surface area (Å²) < 4.78 is 5.73. The van der Waals surface area contributed by atoms with E-state index in [0.29, 0.717) is 6.04 Å². The predicted molar refractivity (Wildman–Crippen MR) is 67.2 cm³/mol. The maximum atomic E-state index is 5.73. The van der Waals surface area contributed by atoms with Gasteiger partial charge in [-0.05, 0) is 32.7 Å². The molecule has 0 amide bonds. The van der Waals surface area contributed by atoms with Gasteiger partial charge in [0.1, 0.15) is 0 Å². The topological polar surface area (TPSA) is 21.3 Å². The van der Waals surface area contributed by atoms with E-state index in [1.807, 2.05) is 14.2 Å². The van der Waals surface area contributed by atoms with Gasteiger partial charge in [0.15, 0.2) is 0 Å². The lowest BCUT2D eigenvalue weighted by atomic mass is 9.84. The maximum absolute atomic E-state index is 5.73. The van der Waals surface area contributed by atoms with Crippen LogP contribution in [0.25, 0.3) is 0 Å². The summed E-state index contributed by atoms with van der Waals surface area (Å²) in [6.07, 6.45) is 4.11. The summed E-state index contributed by atoms with van der Waals surface area (Å²) in [6, 6.07) is 0.366. The summed E-state index contributed by atoms with van der Waals surface area (Å²) in [5.74, 6) is 0. The quantitative estimate of drug-likeness (QED) is 0.625. The van der Waals surface area contributed by atoms with Crippen LogP contribution >= 0.6 is 0 Å². The van der Waals surface area contributed by atoms with Gasteiger partial charge in [0.2, 0.25) is 0 Å². The Bertz CT molecular complexity index is 177. The molecular formula is C13H27NO. The highest BCUT2D eigenvalue weighted by Gasteiger charge is 2.34. The van der Waals surface area contributed by atoms with Crippen molar-refractivity contribution >= 4 is 0 Å². The number of likely N-dealkylation sites (N-methyl/N-ethyl adjacent to an activating group) is 1. The van der Waals surface area contributed by atoms with Crippen LogP contribution in [0.5, 0.6) is 0 Å². The molecule has 0 heterocycles. The Hall–Kier alpha value is -0.340. The molecule has 0 aromatic rings. The molecule has 0 rings (SSSR count). The van der Waals surface area contributed by atoms with Crippen molar-refractivity contribution in [2.45, 2.75) is 58.1 Å². The zero-order valence-electron chi connectivity index (χ0n) is 11.0. The Morgan fingerprint density at radius 3 is 2.13 bits per heavy atom. The van der Waals surface area contributed by atoms with Gasteiger partial charge in [0, 0.05) is 13.2 Å². The minimum atomic E-state index is -0.0487.